The summed E-state index contributed by atoms with van der Waals surface area (Å²) in [6, 6.07) is 5.21. The molecule has 0 unspecified atom stereocenters. The van der Waals surface area contributed by atoms with Crippen molar-refractivity contribution in [1.82, 2.24) is 10.2 Å². The number of phenols is 1. The summed E-state index contributed by atoms with van der Waals surface area (Å²) >= 11 is 0. The first-order chi connectivity index (χ1) is 14.4. The zero-order chi connectivity index (χ0) is 23.0. The van der Waals surface area contributed by atoms with E-state index < -0.39 is 52.6 Å². The number of nitrogens with zero attached hydrogens (tertiary/aromatic N) is 1. The molecule has 5 nitrogen and oxygen atoms in total. The Bertz CT molecular complexity index is 1000. The van der Waals surface area contributed by atoms with Crippen LogP contribution in [0.5, 0.6) is 5.75 Å². The number of hydrogen-bond donors (Lipinski definition) is 2. The molecule has 2 amide bonds. The van der Waals surface area contributed by atoms with E-state index >= 15 is 0 Å². The molecule has 31 heavy (non-hydrogen) atoms. The number of amides is 2. The highest BCUT2D eigenvalue weighted by atomic mass is 19.4. The molecule has 2 aromatic carbocycles. The van der Waals surface area contributed by atoms with Gasteiger partial charge in [-0.15, -0.1) is 0 Å². The number of nitrogens with one attached hydrogen (secondary N) is 1. The van der Waals surface area contributed by atoms with Crippen molar-refractivity contribution in [2.45, 2.75) is 31.4 Å². The Morgan fingerprint density at radius 3 is 2.32 bits per heavy atom. The van der Waals surface area contributed by atoms with Crippen LogP contribution in [-0.2, 0) is 23.7 Å². The van der Waals surface area contributed by atoms with Crippen LogP contribution in [-0.4, -0.2) is 34.4 Å². The molecule has 1 saturated heterocycles. The lowest BCUT2D eigenvalue weighted by Crippen LogP contribution is -2.41. The molecule has 2 aromatic rings. The number of halogens is 6. The smallest absolute Gasteiger partial charge is 0.416 e. The van der Waals surface area contributed by atoms with E-state index in [0.29, 0.717) is 12.1 Å². The number of phenolic OH excluding ortho intramolecular Hbond substituents is 1. The summed E-state index contributed by atoms with van der Waals surface area (Å²) in [6.45, 7) is 0.0124. The minimum absolute atomic E-state index is 0.114. The fourth-order valence-corrected chi connectivity index (χ4v) is 3.23. The van der Waals surface area contributed by atoms with E-state index in [9.17, 15) is 41.0 Å². The molecule has 3 rings (SSSR count). The van der Waals surface area contributed by atoms with Crippen LogP contribution in [0.15, 0.2) is 42.5 Å². The minimum Gasteiger partial charge on any atom is -0.507 e. The zero-order valence-electron chi connectivity index (χ0n) is 15.7. The number of benzene rings is 2. The molecule has 11 heteroatoms. The van der Waals surface area contributed by atoms with Crippen LogP contribution in [0, 0.1) is 0 Å². The summed E-state index contributed by atoms with van der Waals surface area (Å²) in [4.78, 5) is 26.1. The maximum Gasteiger partial charge on any atom is 0.416 e. The third-order valence-corrected chi connectivity index (χ3v) is 4.80. The SMILES string of the molecule is O=C(N[C@@H]1CCN(Cc2cccc(C(F)(F)F)c2)C1=O)c1cc(C(F)(F)F)ccc1O. The molecule has 166 valence electrons. The molecule has 1 aliphatic rings. The van der Waals surface area contributed by atoms with Crippen LogP contribution in [0.2, 0.25) is 0 Å². The maximum atomic E-state index is 12.8. The molecular formula is C20H16F6N2O3. The van der Waals surface area contributed by atoms with Gasteiger partial charge in [0.05, 0.1) is 16.7 Å². The molecule has 1 aliphatic heterocycles. The summed E-state index contributed by atoms with van der Waals surface area (Å²) < 4.78 is 77.1. The molecule has 0 aromatic heterocycles. The van der Waals surface area contributed by atoms with E-state index in [1.807, 2.05) is 0 Å². The third-order valence-electron chi connectivity index (χ3n) is 4.80. The quantitative estimate of drug-likeness (QED) is 0.699. The average molecular weight is 446 g/mol. The fourth-order valence-electron chi connectivity index (χ4n) is 3.23. The number of carbonyl (C=O) groups is 2. The molecule has 0 aliphatic carbocycles. The normalized spacial score (nSPS) is 17.2. The topological polar surface area (TPSA) is 69.6 Å². The summed E-state index contributed by atoms with van der Waals surface area (Å²) in [5.41, 5.74) is -2.40. The lowest BCUT2D eigenvalue weighted by atomic mass is 10.1. The van der Waals surface area contributed by atoms with E-state index in [1.54, 1.807) is 0 Å². The fraction of sp³-hybridized carbons (Fsp3) is 0.300. The first kappa shape index (κ1) is 22.4. The lowest BCUT2D eigenvalue weighted by molar-refractivity contribution is -0.138. The van der Waals surface area contributed by atoms with Gasteiger partial charge >= 0.3 is 12.4 Å². The summed E-state index contributed by atoms with van der Waals surface area (Å²) in [5.74, 6) is -2.34. The Morgan fingerprint density at radius 2 is 1.68 bits per heavy atom. The first-order valence-corrected chi connectivity index (χ1v) is 9.02. The Labute approximate surface area is 172 Å². The van der Waals surface area contributed by atoms with Gasteiger partial charge in [-0.25, -0.2) is 0 Å². The third kappa shape index (κ3) is 5.09. The van der Waals surface area contributed by atoms with Crippen molar-refractivity contribution in [3.63, 3.8) is 0 Å². The van der Waals surface area contributed by atoms with Crippen LogP contribution >= 0.6 is 0 Å². The molecule has 1 atom stereocenters. The van der Waals surface area contributed by atoms with Gasteiger partial charge in [-0.1, -0.05) is 12.1 Å². The van der Waals surface area contributed by atoms with Crippen molar-refractivity contribution >= 4 is 11.8 Å². The van der Waals surface area contributed by atoms with Crippen molar-refractivity contribution in [2.24, 2.45) is 0 Å². The molecule has 0 spiro atoms. The average Bonchev–Trinajstić information content (AvgIpc) is 3.00. The maximum absolute atomic E-state index is 12.8. The predicted octanol–water partition coefficient (Wildman–Crippen LogP) is 3.96. The van der Waals surface area contributed by atoms with E-state index in [4.69, 9.17) is 0 Å². The minimum atomic E-state index is -4.73. The van der Waals surface area contributed by atoms with Crippen molar-refractivity contribution in [2.75, 3.05) is 6.54 Å². The van der Waals surface area contributed by atoms with Crippen LogP contribution < -0.4 is 5.32 Å². The molecule has 0 bridgehead atoms. The van der Waals surface area contributed by atoms with Gasteiger partial charge in [-0.05, 0) is 42.3 Å². The summed E-state index contributed by atoms with van der Waals surface area (Å²) in [6.07, 6.45) is -9.15. The Morgan fingerprint density at radius 1 is 1.03 bits per heavy atom. The highest BCUT2D eigenvalue weighted by molar-refractivity contribution is 6.00. The van der Waals surface area contributed by atoms with Crippen molar-refractivity contribution in [3.8, 4) is 5.75 Å². The molecule has 0 saturated carbocycles. The van der Waals surface area contributed by atoms with Crippen molar-refractivity contribution < 1.29 is 41.0 Å². The first-order valence-electron chi connectivity index (χ1n) is 9.02. The molecule has 0 radical (unpaired) electrons. The number of hydrogen-bond acceptors (Lipinski definition) is 3. The lowest BCUT2D eigenvalue weighted by Gasteiger charge is -2.18. The largest absolute Gasteiger partial charge is 0.507 e. The van der Waals surface area contributed by atoms with Crippen molar-refractivity contribution in [3.05, 3.63) is 64.7 Å². The second kappa shape index (κ2) is 8.12. The molecule has 2 N–H and O–H groups in total. The number of aromatic hydroxyl groups is 1. The number of alkyl halides is 6. The van der Waals surface area contributed by atoms with Gasteiger partial charge in [0.25, 0.3) is 5.91 Å². The van der Waals surface area contributed by atoms with Gasteiger partial charge in [-0.3, -0.25) is 9.59 Å². The van der Waals surface area contributed by atoms with Crippen LogP contribution in [0.25, 0.3) is 0 Å². The zero-order valence-corrected chi connectivity index (χ0v) is 15.7. The van der Waals surface area contributed by atoms with Gasteiger partial charge in [-0.2, -0.15) is 26.3 Å². The second-order valence-corrected chi connectivity index (χ2v) is 7.00. The Hall–Kier alpha value is -3.24. The summed E-state index contributed by atoms with van der Waals surface area (Å²) in [5, 5.41) is 12.0. The van der Waals surface area contributed by atoms with E-state index in [1.165, 1.54) is 17.0 Å². The van der Waals surface area contributed by atoms with Gasteiger partial charge < -0.3 is 15.3 Å². The second-order valence-electron chi connectivity index (χ2n) is 7.00. The predicted molar refractivity (Wildman–Crippen MR) is 95.8 cm³/mol. The van der Waals surface area contributed by atoms with Gasteiger partial charge in [0.1, 0.15) is 11.8 Å². The van der Waals surface area contributed by atoms with Crippen molar-refractivity contribution in [1.29, 1.82) is 0 Å². The van der Waals surface area contributed by atoms with Crippen LogP contribution in [0.1, 0.15) is 33.5 Å². The Kier molecular flexibility index (Phi) is 5.88. The number of carbonyl (C=O) groups excluding carboxylic acids is 2. The molecule has 1 fully saturated rings. The van der Waals surface area contributed by atoms with Gasteiger partial charge in [0.15, 0.2) is 0 Å². The van der Waals surface area contributed by atoms with E-state index in [-0.39, 0.29) is 25.1 Å². The molecular weight excluding hydrogens is 430 g/mol. The van der Waals surface area contributed by atoms with E-state index in [2.05, 4.69) is 5.32 Å². The number of rotatable bonds is 4. The van der Waals surface area contributed by atoms with Gasteiger partial charge in [0.2, 0.25) is 5.91 Å². The van der Waals surface area contributed by atoms with Crippen LogP contribution in [0.3, 0.4) is 0 Å². The van der Waals surface area contributed by atoms with Crippen LogP contribution in [0.4, 0.5) is 26.3 Å². The monoisotopic (exact) mass is 446 g/mol. The highest BCUT2D eigenvalue weighted by Gasteiger charge is 2.36. The highest BCUT2D eigenvalue weighted by Crippen LogP contribution is 2.33. The van der Waals surface area contributed by atoms with E-state index in [0.717, 1.165) is 18.2 Å². The Balaban J connectivity index is 1.69. The molecule has 1 heterocycles. The standard InChI is InChI=1S/C20H16F6N2O3/c21-19(22,23)12-3-1-2-11(8-12)10-28-7-6-15(18(28)31)27-17(30)14-9-13(20(24,25)26)4-5-16(14)29/h1-5,8-9,15,29H,6-7,10H2,(H,27,30)/t15-/m1/s1. The summed E-state index contributed by atoms with van der Waals surface area (Å²) in [7, 11) is 0. The van der Waals surface area contributed by atoms with Gasteiger partial charge in [0, 0.05) is 13.1 Å². The number of likely N-dealkylation sites (tertiary alicyclic amines) is 1.